The lowest BCUT2D eigenvalue weighted by Crippen LogP contribution is -2.13. The van der Waals surface area contributed by atoms with Crippen LogP contribution >= 0.6 is 0 Å². The minimum atomic E-state index is -4.71. The van der Waals surface area contributed by atoms with Gasteiger partial charge in [0.1, 0.15) is 11.8 Å². The molecule has 0 saturated heterocycles. The first kappa shape index (κ1) is 13.0. The van der Waals surface area contributed by atoms with Crippen LogP contribution in [0.4, 0.5) is 13.2 Å². The number of hydrogen-bond acceptors (Lipinski definition) is 4. The van der Waals surface area contributed by atoms with Gasteiger partial charge in [0, 0.05) is 6.20 Å². The van der Waals surface area contributed by atoms with E-state index in [0.717, 1.165) is 0 Å². The molecule has 0 bridgehead atoms. The van der Waals surface area contributed by atoms with Gasteiger partial charge in [-0.25, -0.2) is 9.78 Å². The third-order valence-corrected chi connectivity index (χ3v) is 1.81. The Balaban J connectivity index is 3.24. The molecule has 0 aliphatic carbocycles. The number of halogens is 3. The van der Waals surface area contributed by atoms with Crippen molar-refractivity contribution < 1.29 is 22.7 Å². The Morgan fingerprint density at radius 2 is 2.24 bits per heavy atom. The number of rotatable bonds is 2. The fourth-order valence-electron chi connectivity index (χ4n) is 1.10. The molecule has 0 saturated carbocycles. The maximum absolute atomic E-state index is 12.5. The number of aromatic nitrogens is 1. The van der Waals surface area contributed by atoms with Crippen LogP contribution in [0.25, 0.3) is 0 Å². The number of hydrogen-bond donors (Lipinski definition) is 0. The molecule has 0 aliphatic rings. The largest absolute Gasteiger partial charge is 0.461 e. The summed E-state index contributed by atoms with van der Waals surface area (Å²) < 4.78 is 42.1. The third-order valence-electron chi connectivity index (χ3n) is 1.81. The normalized spacial score (nSPS) is 10.8. The summed E-state index contributed by atoms with van der Waals surface area (Å²) >= 11 is 0. The van der Waals surface area contributed by atoms with Gasteiger partial charge in [0.15, 0.2) is 0 Å². The predicted octanol–water partition coefficient (Wildman–Crippen LogP) is 2.15. The van der Waals surface area contributed by atoms with E-state index in [-0.39, 0.29) is 6.61 Å². The van der Waals surface area contributed by atoms with Crippen LogP contribution in [0, 0.1) is 11.3 Å². The van der Waals surface area contributed by atoms with Crippen LogP contribution in [0.2, 0.25) is 0 Å². The van der Waals surface area contributed by atoms with Crippen LogP contribution in [0.15, 0.2) is 12.3 Å². The van der Waals surface area contributed by atoms with E-state index in [9.17, 15) is 18.0 Å². The summed E-state index contributed by atoms with van der Waals surface area (Å²) in [5, 5.41) is 8.51. The van der Waals surface area contributed by atoms with Gasteiger partial charge in [-0.1, -0.05) is 0 Å². The topological polar surface area (TPSA) is 63.0 Å². The standard InChI is InChI=1S/C10H7F3N2O2/c1-2-17-9(16)8-3-7(10(11,12)13)6(4-14)5-15-8/h3,5H,2H2,1H3. The highest BCUT2D eigenvalue weighted by Gasteiger charge is 2.34. The van der Waals surface area contributed by atoms with Crippen molar-refractivity contribution in [2.45, 2.75) is 13.1 Å². The number of alkyl halides is 3. The lowest BCUT2D eigenvalue weighted by molar-refractivity contribution is -0.137. The van der Waals surface area contributed by atoms with Crippen LogP contribution in [-0.2, 0) is 10.9 Å². The first-order valence-corrected chi connectivity index (χ1v) is 4.54. The summed E-state index contributed by atoms with van der Waals surface area (Å²) in [6, 6.07) is 1.88. The number of carbonyl (C=O) groups excluding carboxylic acids is 1. The molecule has 0 fully saturated rings. The van der Waals surface area contributed by atoms with Crippen LogP contribution in [0.5, 0.6) is 0 Å². The second-order valence-corrected chi connectivity index (χ2v) is 2.95. The summed E-state index contributed by atoms with van der Waals surface area (Å²) in [5.74, 6) is -0.956. The van der Waals surface area contributed by atoms with Crippen molar-refractivity contribution in [2.24, 2.45) is 0 Å². The number of esters is 1. The SMILES string of the molecule is CCOC(=O)c1cc(C(F)(F)F)c(C#N)cn1. The van der Waals surface area contributed by atoms with Crippen molar-refractivity contribution in [3.05, 3.63) is 29.1 Å². The Bertz CT molecular complexity index is 477. The molecular formula is C10H7F3N2O2. The van der Waals surface area contributed by atoms with Crippen molar-refractivity contribution in [1.29, 1.82) is 5.26 Å². The maximum Gasteiger partial charge on any atom is 0.417 e. The van der Waals surface area contributed by atoms with Gasteiger partial charge in [-0.3, -0.25) is 0 Å². The van der Waals surface area contributed by atoms with Crippen molar-refractivity contribution in [2.75, 3.05) is 6.61 Å². The number of nitrogens with zero attached hydrogens (tertiary/aromatic N) is 2. The highest BCUT2D eigenvalue weighted by molar-refractivity contribution is 5.87. The van der Waals surface area contributed by atoms with Gasteiger partial charge in [-0.2, -0.15) is 18.4 Å². The van der Waals surface area contributed by atoms with Crippen LogP contribution in [0.1, 0.15) is 28.5 Å². The zero-order valence-corrected chi connectivity index (χ0v) is 8.71. The molecule has 0 spiro atoms. The number of carbonyl (C=O) groups is 1. The molecule has 17 heavy (non-hydrogen) atoms. The maximum atomic E-state index is 12.5. The summed E-state index contributed by atoms with van der Waals surface area (Å²) in [4.78, 5) is 14.6. The average Bonchev–Trinajstić information content (AvgIpc) is 2.27. The van der Waals surface area contributed by atoms with Gasteiger partial charge < -0.3 is 4.74 Å². The molecule has 4 nitrogen and oxygen atoms in total. The van der Waals surface area contributed by atoms with Crippen LogP contribution in [0.3, 0.4) is 0 Å². The van der Waals surface area contributed by atoms with Gasteiger partial charge in [-0.05, 0) is 13.0 Å². The highest BCUT2D eigenvalue weighted by atomic mass is 19.4. The van der Waals surface area contributed by atoms with E-state index < -0.39 is 29.0 Å². The molecule has 0 aliphatic heterocycles. The number of ether oxygens (including phenoxy) is 1. The number of pyridine rings is 1. The van der Waals surface area contributed by atoms with E-state index in [2.05, 4.69) is 9.72 Å². The molecular weight excluding hydrogens is 237 g/mol. The van der Waals surface area contributed by atoms with E-state index in [1.165, 1.54) is 13.0 Å². The molecule has 0 radical (unpaired) electrons. The summed E-state index contributed by atoms with van der Waals surface area (Å²) in [6.07, 6.45) is -4.01. The Hall–Kier alpha value is -2.10. The summed E-state index contributed by atoms with van der Waals surface area (Å²) in [7, 11) is 0. The molecule has 0 amide bonds. The summed E-state index contributed by atoms with van der Waals surface area (Å²) in [5.41, 5.74) is -2.30. The molecule has 1 aromatic heterocycles. The van der Waals surface area contributed by atoms with Gasteiger partial charge in [0.2, 0.25) is 0 Å². The molecule has 0 N–H and O–H groups in total. The average molecular weight is 244 g/mol. The van der Waals surface area contributed by atoms with Crippen LogP contribution in [-0.4, -0.2) is 17.6 Å². The molecule has 90 valence electrons. The Labute approximate surface area is 94.6 Å². The van der Waals surface area contributed by atoms with Gasteiger partial charge in [-0.15, -0.1) is 0 Å². The van der Waals surface area contributed by atoms with E-state index in [1.807, 2.05) is 0 Å². The molecule has 0 atom stereocenters. The molecule has 1 heterocycles. The minimum absolute atomic E-state index is 0.0296. The first-order valence-electron chi connectivity index (χ1n) is 4.54. The molecule has 0 aromatic carbocycles. The van der Waals surface area contributed by atoms with Gasteiger partial charge in [0.25, 0.3) is 0 Å². The third kappa shape index (κ3) is 2.93. The second kappa shape index (κ2) is 4.82. The van der Waals surface area contributed by atoms with Gasteiger partial charge in [0.05, 0.1) is 17.7 Å². The van der Waals surface area contributed by atoms with Crippen molar-refractivity contribution in [3.63, 3.8) is 0 Å². The highest BCUT2D eigenvalue weighted by Crippen LogP contribution is 2.31. The lowest BCUT2D eigenvalue weighted by Gasteiger charge is -2.09. The van der Waals surface area contributed by atoms with E-state index in [4.69, 9.17) is 5.26 Å². The lowest BCUT2D eigenvalue weighted by atomic mass is 10.1. The quantitative estimate of drug-likeness (QED) is 0.748. The fraction of sp³-hybridized carbons (Fsp3) is 0.300. The minimum Gasteiger partial charge on any atom is -0.461 e. The number of nitriles is 1. The zero-order valence-electron chi connectivity index (χ0n) is 8.71. The Morgan fingerprint density at radius 3 is 2.71 bits per heavy atom. The fourth-order valence-corrected chi connectivity index (χ4v) is 1.10. The smallest absolute Gasteiger partial charge is 0.417 e. The molecule has 7 heteroatoms. The van der Waals surface area contributed by atoms with Gasteiger partial charge >= 0.3 is 12.1 Å². The first-order chi connectivity index (χ1) is 7.90. The van der Waals surface area contributed by atoms with Crippen molar-refractivity contribution >= 4 is 5.97 Å². The van der Waals surface area contributed by atoms with Crippen molar-refractivity contribution in [1.82, 2.24) is 4.98 Å². The summed E-state index contributed by atoms with van der Waals surface area (Å²) in [6.45, 7) is 1.55. The van der Waals surface area contributed by atoms with E-state index >= 15 is 0 Å². The van der Waals surface area contributed by atoms with E-state index in [0.29, 0.717) is 12.3 Å². The van der Waals surface area contributed by atoms with Crippen LogP contribution < -0.4 is 0 Å². The van der Waals surface area contributed by atoms with E-state index in [1.54, 1.807) is 0 Å². The second-order valence-electron chi connectivity index (χ2n) is 2.95. The monoisotopic (exact) mass is 244 g/mol. The molecule has 1 rings (SSSR count). The molecule has 1 aromatic rings. The van der Waals surface area contributed by atoms with Crippen molar-refractivity contribution in [3.8, 4) is 6.07 Å². The zero-order chi connectivity index (χ0) is 13.1. The Morgan fingerprint density at radius 1 is 1.59 bits per heavy atom. The Kier molecular flexibility index (Phi) is 3.68. The predicted molar refractivity (Wildman–Crippen MR) is 49.9 cm³/mol. The molecule has 0 unspecified atom stereocenters.